The predicted molar refractivity (Wildman–Crippen MR) is 297 cm³/mol. The average molecular weight is 1120 g/mol. The minimum atomic E-state index is -1.04. The fourth-order valence-electron chi connectivity index (χ4n) is 7.63. The number of carbonyl (C=O) groups is 2. The predicted octanol–water partition coefficient (Wildman–Crippen LogP) is 14.3. The second kappa shape index (κ2) is 27.6. The van der Waals surface area contributed by atoms with E-state index in [9.17, 15) is 9.59 Å². The van der Waals surface area contributed by atoms with Crippen molar-refractivity contribution in [3.05, 3.63) is 260 Å². The topological polar surface area (TPSA) is 185 Å². The minimum absolute atomic E-state index is 0. The summed E-state index contributed by atoms with van der Waals surface area (Å²) in [4.78, 5) is 28.7. The summed E-state index contributed by atoms with van der Waals surface area (Å²) in [5, 5.41) is 55.0. The van der Waals surface area contributed by atoms with E-state index in [0.717, 1.165) is 33.4 Å². The van der Waals surface area contributed by atoms with Crippen LogP contribution in [0.25, 0.3) is 32.4 Å². The maximum absolute atomic E-state index is 10.8. The number of anilines is 6. The van der Waals surface area contributed by atoms with Gasteiger partial charge in [0.25, 0.3) is 0 Å². The van der Waals surface area contributed by atoms with Gasteiger partial charge in [-0.05, 0) is 83.9 Å². The van der Waals surface area contributed by atoms with E-state index in [4.69, 9.17) is 31.4 Å². The number of benzene rings is 4. The van der Waals surface area contributed by atoms with Crippen molar-refractivity contribution in [2.45, 2.75) is 12.1 Å². The zero-order valence-electron chi connectivity index (χ0n) is 38.5. The molecule has 362 valence electrons. The molecule has 0 amide bonds. The van der Waals surface area contributed by atoms with Gasteiger partial charge in [0, 0.05) is 32.5 Å². The quantitative estimate of drug-likeness (QED) is 0.0679. The van der Waals surface area contributed by atoms with Gasteiger partial charge < -0.3 is 66.5 Å². The third-order valence-corrected chi connectivity index (χ3v) is 13.0. The Morgan fingerprint density at radius 1 is 0.534 bits per heavy atom. The largest absolute Gasteiger partial charge is 6.00 e. The molecule has 17 heteroatoms. The molecule has 0 spiro atoms. The smallest absolute Gasteiger partial charge is 0.696 e. The minimum Gasteiger partial charge on any atom is -0.696 e. The van der Waals surface area contributed by atoms with Gasteiger partial charge in [0.05, 0.1) is 11.1 Å². The molecule has 73 heavy (non-hydrogen) atoms. The summed E-state index contributed by atoms with van der Waals surface area (Å²) in [6.45, 7) is 0.903. The number of carboxylic acids is 2. The van der Waals surface area contributed by atoms with Gasteiger partial charge in [-0.2, -0.15) is 23.8 Å². The molecular weight excluding hydrogens is 1080 g/mol. The summed E-state index contributed by atoms with van der Waals surface area (Å²) in [6, 6.07) is 50.3. The van der Waals surface area contributed by atoms with Crippen molar-refractivity contribution in [2.24, 2.45) is 0 Å². The Bertz CT molecular complexity index is 3080. The molecule has 0 saturated carbocycles. The molecule has 2 unspecified atom stereocenters. The van der Waals surface area contributed by atoms with Crippen LogP contribution in [0.2, 0.25) is 0 Å². The third kappa shape index (κ3) is 14.5. The summed E-state index contributed by atoms with van der Waals surface area (Å²) in [5.41, 5.74) is 8.62. The number of rotatable bonds is 12. The summed E-state index contributed by atoms with van der Waals surface area (Å²) >= 11 is 11.0. The first-order chi connectivity index (χ1) is 35.2. The molecular formula is C56H42N8O4RuS4. The van der Waals surface area contributed by atoms with E-state index in [2.05, 4.69) is 216 Å². The van der Waals surface area contributed by atoms with Gasteiger partial charge in [0.1, 0.15) is 10.0 Å². The molecule has 10 rings (SSSR count). The van der Waals surface area contributed by atoms with Crippen molar-refractivity contribution < 1.29 is 39.3 Å². The Morgan fingerprint density at radius 3 is 1.38 bits per heavy atom. The van der Waals surface area contributed by atoms with Crippen LogP contribution in [0.3, 0.4) is 0 Å². The molecule has 0 aliphatic carbocycles. The monoisotopic (exact) mass is 1120 g/mol. The number of nitrogens with zero attached hydrogens (tertiary/aromatic N) is 8. The Balaban J connectivity index is 0.000000290. The van der Waals surface area contributed by atoms with Crippen molar-refractivity contribution in [1.29, 1.82) is 10.5 Å². The van der Waals surface area contributed by atoms with Crippen LogP contribution in [0.1, 0.15) is 9.75 Å². The molecule has 0 fully saturated rings. The van der Waals surface area contributed by atoms with Gasteiger partial charge in [-0.15, -0.1) is 35.8 Å². The summed E-state index contributed by atoms with van der Waals surface area (Å²) in [6.07, 6.45) is 17.8. The van der Waals surface area contributed by atoms with Crippen molar-refractivity contribution in [2.75, 3.05) is 22.9 Å². The molecule has 0 radical (unpaired) electrons. The molecule has 0 saturated heterocycles. The summed E-state index contributed by atoms with van der Waals surface area (Å²) < 4.78 is 0. The maximum Gasteiger partial charge on any atom is 6.00 e. The number of carboxylic acid groups (broad SMARTS) is 2. The van der Waals surface area contributed by atoms with E-state index in [-0.39, 0.29) is 43.2 Å². The Labute approximate surface area is 456 Å². The average Bonchev–Trinajstić information content (AvgIpc) is 4.12. The van der Waals surface area contributed by atoms with Crippen LogP contribution in [0.5, 0.6) is 0 Å². The first-order valence-electron chi connectivity index (χ1n) is 22.1. The summed E-state index contributed by atoms with van der Waals surface area (Å²) in [7, 11) is 0. The number of hydrogen-bond acceptors (Lipinski definition) is 10. The Kier molecular flexibility index (Phi) is 20.5. The van der Waals surface area contributed by atoms with Crippen LogP contribution < -0.4 is 9.80 Å². The van der Waals surface area contributed by atoms with Crippen molar-refractivity contribution in [3.8, 4) is 10.8 Å². The standard InChI is InChI=1S/C42H32N4S2.C12H10N2O4.2CHNS.Ru/c1-5-13-33(14-6-1)45(34-15-7-2-8-16-34)41-23-21-39(47-41)31-25-27-43-37(29-31)38-30-32(26-28-44-38)40-22-24-42(48-40)46(35-17-9-3-10-18-35)36-19-11-4-12-20-36;15-11(16)7-1-3-13-9(5-7)10-6-8(12(17)18)2-4-14-10;2*2-1-3;/h1-27,29-30,37H,28H2;1-3,5-6,9H,4H2,(H,15,16)(H,17,18);2*3H;/q2*-2;;;+6/p-2. The van der Waals surface area contributed by atoms with E-state index in [0.29, 0.717) is 12.2 Å². The third-order valence-electron chi connectivity index (χ3n) is 10.8. The van der Waals surface area contributed by atoms with Gasteiger partial charge >= 0.3 is 31.4 Å². The molecule has 12 nitrogen and oxygen atoms in total. The molecule has 2 atom stereocenters. The van der Waals surface area contributed by atoms with E-state index < -0.39 is 18.0 Å². The first kappa shape index (κ1) is 54.3. The van der Waals surface area contributed by atoms with Crippen LogP contribution in [0, 0.1) is 21.3 Å². The molecule has 4 aliphatic rings. The second-order valence-electron chi connectivity index (χ2n) is 15.3. The first-order valence-corrected chi connectivity index (χ1v) is 24.5. The zero-order valence-corrected chi connectivity index (χ0v) is 43.5. The summed E-state index contributed by atoms with van der Waals surface area (Å²) in [5.74, 6) is -2.08. The molecule has 0 bridgehead atoms. The zero-order chi connectivity index (χ0) is 50.7. The van der Waals surface area contributed by atoms with Gasteiger partial charge in [-0.3, -0.25) is 0 Å². The number of thiocyanates is 2. The van der Waals surface area contributed by atoms with E-state index in [1.54, 1.807) is 22.7 Å². The molecule has 6 heterocycles. The maximum atomic E-state index is 10.8. The van der Waals surface area contributed by atoms with Crippen molar-refractivity contribution in [3.63, 3.8) is 0 Å². The SMILES string of the molecule is C1=CC(c2ccc(N(c3ccccc3)c3ccccc3)s2)=CC(C2=CC(c3ccc(N(c4ccccc4)c4ccccc4)s3)=CC[N-]2)[N-]1.N#C[S-].N#C[S-].O=C(O)C1=CC[N-]C(C2C=C(C(=O)O)C=C[N-]2)=C1.[Ru+6]. The molecule has 6 aromatic rings. The van der Waals surface area contributed by atoms with E-state index >= 15 is 0 Å². The number of allylic oxidation sites excluding steroid dienone is 4. The van der Waals surface area contributed by atoms with Crippen LogP contribution in [-0.2, 0) is 54.3 Å². The molecule has 4 aromatic carbocycles. The van der Waals surface area contributed by atoms with Crippen molar-refractivity contribution >= 4 is 104 Å². The van der Waals surface area contributed by atoms with Crippen LogP contribution in [-0.4, -0.2) is 47.3 Å². The fourth-order valence-corrected chi connectivity index (χ4v) is 9.74. The number of thiophene rings is 2. The van der Waals surface area contributed by atoms with Gasteiger partial charge in [0.15, 0.2) is 0 Å². The Morgan fingerprint density at radius 2 is 0.932 bits per heavy atom. The van der Waals surface area contributed by atoms with Crippen molar-refractivity contribution in [1.82, 2.24) is 0 Å². The Hall–Kier alpha value is -8.02. The van der Waals surface area contributed by atoms with E-state index in [1.807, 2.05) is 6.20 Å². The second-order valence-corrected chi connectivity index (χ2v) is 17.8. The normalized spacial score (nSPS) is 15.8. The molecule has 2 N–H and O–H groups in total. The number of hydrogen-bond donors (Lipinski definition) is 2. The van der Waals surface area contributed by atoms with Crippen LogP contribution in [0.15, 0.2) is 229 Å². The number of nitriles is 2. The van der Waals surface area contributed by atoms with Gasteiger partial charge in [-0.25, -0.2) is 20.1 Å². The van der Waals surface area contributed by atoms with Gasteiger partial charge in [0.2, 0.25) is 0 Å². The fraction of sp³-hybridized carbons (Fsp3) is 0.0714. The van der Waals surface area contributed by atoms with Crippen LogP contribution in [0.4, 0.5) is 32.8 Å². The van der Waals surface area contributed by atoms with Crippen LogP contribution >= 0.6 is 22.7 Å². The number of aliphatic carboxylic acids is 2. The molecule has 4 aliphatic heterocycles. The number of para-hydroxylation sites is 4. The van der Waals surface area contributed by atoms with Gasteiger partial charge in [-0.1, -0.05) is 144 Å². The van der Waals surface area contributed by atoms with E-state index in [1.165, 1.54) is 67.2 Å². The molecule has 2 aromatic heterocycles.